The number of hydrogen-bond acceptors (Lipinski definition) is 5. The number of nitrogens with zero attached hydrogens (tertiary/aromatic N) is 2. The van der Waals surface area contributed by atoms with Crippen molar-refractivity contribution in [2.24, 2.45) is 0 Å². The minimum atomic E-state index is -0.361. The number of benzene rings is 4. The molecular weight excluding hydrogens is 538 g/mol. The zero-order chi connectivity index (χ0) is 30.2. The average Bonchev–Trinajstić information content (AvgIpc) is 3.03. The molecule has 0 unspecified atom stereocenters. The standard InChI is InChI=1S/C35H39N5O3/c1-25-13-15-30(26(2)23-25)38-35(42)37-28-14-16-31(29(24-28)34(41)36-18-17-27-9-5-4-6-10-27)39-19-21-40(22-20-39)32-11-7-8-12-33(32)43-3/h4-16,23-24H,17-22H2,1-3H3,(H,36,41)(H2,37,38,42). The van der Waals surface area contributed by atoms with Gasteiger partial charge in [0.1, 0.15) is 5.75 Å². The van der Waals surface area contributed by atoms with Gasteiger partial charge in [0.25, 0.3) is 5.91 Å². The van der Waals surface area contributed by atoms with Gasteiger partial charge in [-0.1, -0.05) is 60.2 Å². The van der Waals surface area contributed by atoms with Crippen LogP contribution >= 0.6 is 0 Å². The van der Waals surface area contributed by atoms with Crippen LogP contribution in [0.25, 0.3) is 0 Å². The van der Waals surface area contributed by atoms with E-state index in [9.17, 15) is 9.59 Å². The summed E-state index contributed by atoms with van der Waals surface area (Å²) in [6.45, 7) is 7.53. The SMILES string of the molecule is COc1ccccc1N1CCN(c2ccc(NC(=O)Nc3ccc(C)cc3C)cc2C(=O)NCCc2ccccc2)CC1. The number of anilines is 4. The van der Waals surface area contributed by atoms with Gasteiger partial charge in [0, 0.05) is 49.8 Å². The van der Waals surface area contributed by atoms with Gasteiger partial charge in [-0.05, 0) is 67.8 Å². The lowest BCUT2D eigenvalue weighted by Gasteiger charge is -2.38. The molecule has 8 nitrogen and oxygen atoms in total. The third-order valence-electron chi connectivity index (χ3n) is 7.72. The van der Waals surface area contributed by atoms with Crippen molar-refractivity contribution >= 4 is 34.7 Å². The first-order valence-corrected chi connectivity index (χ1v) is 14.7. The third kappa shape index (κ3) is 7.46. The number of amides is 3. The van der Waals surface area contributed by atoms with E-state index in [4.69, 9.17) is 4.74 Å². The van der Waals surface area contributed by atoms with E-state index in [0.717, 1.165) is 72.1 Å². The van der Waals surface area contributed by atoms with E-state index in [0.29, 0.717) is 17.8 Å². The third-order valence-corrected chi connectivity index (χ3v) is 7.72. The Hall–Kier alpha value is -4.98. The largest absolute Gasteiger partial charge is 0.495 e. The Morgan fingerprint density at radius 3 is 2.19 bits per heavy atom. The lowest BCUT2D eigenvalue weighted by Crippen LogP contribution is -2.47. The maximum atomic E-state index is 13.6. The van der Waals surface area contributed by atoms with Gasteiger partial charge in [0.15, 0.2) is 0 Å². The van der Waals surface area contributed by atoms with Crippen molar-refractivity contribution in [3.05, 3.63) is 113 Å². The Kier molecular flexibility index (Phi) is 9.46. The molecule has 0 radical (unpaired) electrons. The highest BCUT2D eigenvalue weighted by Crippen LogP contribution is 2.31. The summed E-state index contributed by atoms with van der Waals surface area (Å²) in [6, 6.07) is 29.2. The van der Waals surface area contributed by atoms with Crippen molar-refractivity contribution in [1.29, 1.82) is 0 Å². The molecule has 5 rings (SSSR count). The first-order chi connectivity index (χ1) is 20.9. The normalized spacial score (nSPS) is 12.9. The molecule has 1 aliphatic rings. The first-order valence-electron chi connectivity index (χ1n) is 14.7. The van der Waals surface area contributed by atoms with Crippen LogP contribution in [0.4, 0.5) is 27.5 Å². The summed E-state index contributed by atoms with van der Waals surface area (Å²) in [5.41, 5.74) is 7.01. The smallest absolute Gasteiger partial charge is 0.323 e. The number of urea groups is 1. The lowest BCUT2D eigenvalue weighted by molar-refractivity contribution is 0.0954. The Labute approximate surface area is 253 Å². The number of hydrogen-bond donors (Lipinski definition) is 3. The number of methoxy groups -OCH3 is 1. The quantitative estimate of drug-likeness (QED) is 0.219. The summed E-state index contributed by atoms with van der Waals surface area (Å²) in [6.07, 6.45) is 0.732. The van der Waals surface area contributed by atoms with E-state index in [-0.39, 0.29) is 11.9 Å². The van der Waals surface area contributed by atoms with Gasteiger partial charge < -0.3 is 30.5 Å². The number of piperazine rings is 1. The molecule has 4 aromatic carbocycles. The summed E-state index contributed by atoms with van der Waals surface area (Å²) in [4.78, 5) is 31.0. The highest BCUT2D eigenvalue weighted by molar-refractivity contribution is 6.04. The molecule has 8 heteroatoms. The summed E-state index contributed by atoms with van der Waals surface area (Å²) >= 11 is 0. The van der Waals surface area contributed by atoms with Crippen LogP contribution < -0.4 is 30.5 Å². The van der Waals surface area contributed by atoms with E-state index >= 15 is 0 Å². The van der Waals surface area contributed by atoms with E-state index in [1.807, 2.05) is 80.6 Å². The molecule has 0 aromatic heterocycles. The van der Waals surface area contributed by atoms with Crippen LogP contribution in [0.2, 0.25) is 0 Å². The predicted octanol–water partition coefficient (Wildman–Crippen LogP) is 6.26. The fraction of sp³-hybridized carbons (Fsp3) is 0.257. The van der Waals surface area contributed by atoms with Gasteiger partial charge in [-0.15, -0.1) is 0 Å². The fourth-order valence-corrected chi connectivity index (χ4v) is 5.45. The van der Waals surface area contributed by atoms with Crippen molar-refractivity contribution < 1.29 is 14.3 Å². The van der Waals surface area contributed by atoms with Gasteiger partial charge in [-0.25, -0.2) is 4.79 Å². The minimum absolute atomic E-state index is 0.170. The number of nitrogens with one attached hydrogen (secondary N) is 3. The van der Waals surface area contributed by atoms with Crippen molar-refractivity contribution in [1.82, 2.24) is 5.32 Å². The molecule has 1 saturated heterocycles. The molecule has 3 amide bonds. The van der Waals surface area contributed by atoms with Crippen LogP contribution in [0.5, 0.6) is 5.75 Å². The summed E-state index contributed by atoms with van der Waals surface area (Å²) in [5, 5.41) is 8.92. The number of aryl methyl sites for hydroxylation is 2. The molecule has 4 aromatic rings. The second-order valence-electron chi connectivity index (χ2n) is 10.8. The second-order valence-corrected chi connectivity index (χ2v) is 10.8. The highest BCUT2D eigenvalue weighted by atomic mass is 16.5. The predicted molar refractivity (Wildman–Crippen MR) is 175 cm³/mol. The molecule has 0 saturated carbocycles. The van der Waals surface area contributed by atoms with Crippen LogP contribution in [-0.4, -0.2) is 51.8 Å². The van der Waals surface area contributed by atoms with E-state index < -0.39 is 0 Å². The van der Waals surface area contributed by atoms with Gasteiger partial charge in [0.2, 0.25) is 0 Å². The Morgan fingerprint density at radius 1 is 0.767 bits per heavy atom. The number of ether oxygens (including phenoxy) is 1. The lowest BCUT2D eigenvalue weighted by atomic mass is 10.1. The van der Waals surface area contributed by atoms with Crippen molar-refractivity contribution in [3.8, 4) is 5.75 Å². The summed E-state index contributed by atoms with van der Waals surface area (Å²) < 4.78 is 5.58. The van der Waals surface area contributed by atoms with E-state index in [1.54, 1.807) is 13.2 Å². The highest BCUT2D eigenvalue weighted by Gasteiger charge is 2.24. The molecule has 222 valence electrons. The van der Waals surface area contributed by atoms with Gasteiger partial charge >= 0.3 is 6.03 Å². The Bertz CT molecular complexity index is 1570. The molecule has 43 heavy (non-hydrogen) atoms. The van der Waals surface area contributed by atoms with E-state index in [1.165, 1.54) is 0 Å². The van der Waals surface area contributed by atoms with Crippen molar-refractivity contribution in [2.45, 2.75) is 20.3 Å². The maximum Gasteiger partial charge on any atom is 0.323 e. The summed E-state index contributed by atoms with van der Waals surface area (Å²) in [7, 11) is 1.69. The minimum Gasteiger partial charge on any atom is -0.495 e. The molecule has 1 heterocycles. The zero-order valence-electron chi connectivity index (χ0n) is 25.0. The Morgan fingerprint density at radius 2 is 1.47 bits per heavy atom. The monoisotopic (exact) mass is 577 g/mol. The van der Waals surface area contributed by atoms with E-state index in [2.05, 4.69) is 43.9 Å². The molecule has 0 aliphatic carbocycles. The fourth-order valence-electron chi connectivity index (χ4n) is 5.45. The van der Waals surface area contributed by atoms with Crippen LogP contribution in [0.1, 0.15) is 27.0 Å². The van der Waals surface area contributed by atoms with Gasteiger partial charge in [-0.3, -0.25) is 4.79 Å². The van der Waals surface area contributed by atoms with Crippen molar-refractivity contribution in [2.75, 3.05) is 60.3 Å². The average molecular weight is 578 g/mol. The zero-order valence-corrected chi connectivity index (χ0v) is 25.0. The molecule has 1 fully saturated rings. The maximum absolute atomic E-state index is 13.6. The van der Waals surface area contributed by atoms with Crippen LogP contribution in [0.3, 0.4) is 0 Å². The first kappa shape index (κ1) is 29.5. The van der Waals surface area contributed by atoms with Crippen LogP contribution in [-0.2, 0) is 6.42 Å². The van der Waals surface area contributed by atoms with Crippen molar-refractivity contribution in [3.63, 3.8) is 0 Å². The second kappa shape index (κ2) is 13.8. The van der Waals surface area contributed by atoms with Gasteiger partial charge in [-0.2, -0.15) is 0 Å². The number of rotatable bonds is 9. The molecule has 1 aliphatic heterocycles. The number of para-hydroxylation sites is 2. The molecule has 3 N–H and O–H groups in total. The molecule has 0 bridgehead atoms. The number of carbonyl (C=O) groups excluding carboxylic acids is 2. The molecule has 0 spiro atoms. The Balaban J connectivity index is 1.32. The topological polar surface area (TPSA) is 85.9 Å². The number of carbonyl (C=O) groups is 2. The molecular formula is C35H39N5O3. The summed E-state index contributed by atoms with van der Waals surface area (Å²) in [5.74, 6) is 0.681. The van der Waals surface area contributed by atoms with Gasteiger partial charge in [0.05, 0.1) is 18.4 Å². The molecule has 0 atom stereocenters. The van der Waals surface area contributed by atoms with Crippen LogP contribution in [0, 0.1) is 13.8 Å². The van der Waals surface area contributed by atoms with Crippen LogP contribution in [0.15, 0.2) is 91.0 Å².